The Bertz CT molecular complexity index is 1560. The minimum atomic E-state index is -0.380. The molecule has 5 rings (SSSR count). The van der Waals surface area contributed by atoms with Gasteiger partial charge in [-0.2, -0.15) is 4.98 Å². The smallest absolute Gasteiger partial charge is 0.332 e. The molecule has 0 aliphatic heterocycles. The molecule has 0 saturated heterocycles. The van der Waals surface area contributed by atoms with Crippen LogP contribution >= 0.6 is 0 Å². The topological polar surface area (TPSA) is 84.0 Å². The molecule has 9 heteroatoms. The van der Waals surface area contributed by atoms with Crippen molar-refractivity contribution < 1.29 is 0 Å². The summed E-state index contributed by atoms with van der Waals surface area (Å²) in [4.78, 5) is 35.0. The molecular weight excluding hydrogens is 418 g/mol. The molecule has 0 fully saturated rings. The Hall–Kier alpha value is -4.14. The highest BCUT2D eigenvalue weighted by molar-refractivity contribution is 5.75. The van der Waals surface area contributed by atoms with Crippen LogP contribution in [0.4, 0.5) is 0 Å². The fraction of sp³-hybridized carbons (Fsp3) is 0.250. The SMILES string of the molecule is Cc1cn2c3c(=O)n(CC=Cc4ccccc4)c(=O)n(C)c3nc2n1CCCn1ccnc1. The van der Waals surface area contributed by atoms with Crippen LogP contribution in [0.1, 0.15) is 17.7 Å². The third kappa shape index (κ3) is 3.71. The zero-order valence-electron chi connectivity index (χ0n) is 18.6. The van der Waals surface area contributed by atoms with E-state index < -0.39 is 0 Å². The molecule has 1 aromatic carbocycles. The van der Waals surface area contributed by atoms with Crippen molar-refractivity contribution in [3.8, 4) is 0 Å². The monoisotopic (exact) mass is 443 g/mol. The fourth-order valence-corrected chi connectivity index (χ4v) is 4.18. The lowest BCUT2D eigenvalue weighted by atomic mass is 10.2. The van der Waals surface area contributed by atoms with E-state index in [1.807, 2.05) is 66.4 Å². The van der Waals surface area contributed by atoms with E-state index in [0.29, 0.717) is 16.9 Å². The number of hydrogen-bond acceptors (Lipinski definition) is 4. The molecule has 0 amide bonds. The van der Waals surface area contributed by atoms with Gasteiger partial charge in [-0.25, -0.2) is 9.78 Å². The number of fused-ring (bicyclic) bond motifs is 3. The minimum absolute atomic E-state index is 0.189. The third-order valence-electron chi connectivity index (χ3n) is 5.90. The van der Waals surface area contributed by atoms with Crippen LogP contribution in [0.3, 0.4) is 0 Å². The van der Waals surface area contributed by atoms with Gasteiger partial charge in [0.25, 0.3) is 5.56 Å². The van der Waals surface area contributed by atoms with Crippen molar-refractivity contribution in [2.45, 2.75) is 33.0 Å². The second-order valence-corrected chi connectivity index (χ2v) is 8.10. The lowest BCUT2D eigenvalue weighted by molar-refractivity contribution is 0.564. The number of hydrogen-bond donors (Lipinski definition) is 0. The van der Waals surface area contributed by atoms with Crippen LogP contribution in [0, 0.1) is 6.92 Å². The van der Waals surface area contributed by atoms with E-state index in [1.54, 1.807) is 24.0 Å². The predicted molar refractivity (Wildman–Crippen MR) is 127 cm³/mol. The van der Waals surface area contributed by atoms with Gasteiger partial charge in [0.1, 0.15) is 0 Å². The number of nitrogens with zero attached hydrogens (tertiary/aromatic N) is 7. The summed E-state index contributed by atoms with van der Waals surface area (Å²) in [6.07, 6.45) is 12.0. The molecule has 0 radical (unpaired) electrons. The Morgan fingerprint density at radius 3 is 2.64 bits per heavy atom. The first-order valence-corrected chi connectivity index (χ1v) is 10.9. The maximum Gasteiger partial charge on any atom is 0.332 e. The van der Waals surface area contributed by atoms with Gasteiger partial charge in [0.2, 0.25) is 5.78 Å². The number of allylic oxidation sites excluding steroid dienone is 1. The highest BCUT2D eigenvalue weighted by Gasteiger charge is 2.19. The van der Waals surface area contributed by atoms with E-state index in [0.717, 1.165) is 30.8 Å². The molecule has 4 heterocycles. The highest BCUT2D eigenvalue weighted by Crippen LogP contribution is 2.17. The average molecular weight is 444 g/mol. The molecule has 4 aromatic heterocycles. The van der Waals surface area contributed by atoms with Gasteiger partial charge >= 0.3 is 5.69 Å². The van der Waals surface area contributed by atoms with Crippen molar-refractivity contribution in [2.75, 3.05) is 0 Å². The summed E-state index contributed by atoms with van der Waals surface area (Å²) in [6.45, 7) is 3.77. The second-order valence-electron chi connectivity index (χ2n) is 8.10. The van der Waals surface area contributed by atoms with E-state index in [2.05, 4.69) is 14.5 Å². The maximum atomic E-state index is 13.3. The van der Waals surface area contributed by atoms with Crippen LogP contribution in [-0.4, -0.2) is 32.6 Å². The van der Waals surface area contributed by atoms with Crippen LogP contribution in [0.2, 0.25) is 0 Å². The van der Waals surface area contributed by atoms with Crippen LogP contribution in [0.15, 0.2) is 70.9 Å². The highest BCUT2D eigenvalue weighted by atomic mass is 16.2. The third-order valence-corrected chi connectivity index (χ3v) is 5.90. The van der Waals surface area contributed by atoms with Gasteiger partial charge in [0.15, 0.2) is 11.2 Å². The average Bonchev–Trinajstić information content (AvgIpc) is 3.53. The number of aromatic nitrogens is 7. The van der Waals surface area contributed by atoms with Crippen LogP contribution in [-0.2, 0) is 26.7 Å². The van der Waals surface area contributed by atoms with Crippen LogP contribution in [0.5, 0.6) is 0 Å². The summed E-state index contributed by atoms with van der Waals surface area (Å²) in [5.74, 6) is 0.665. The quantitative estimate of drug-likeness (QED) is 0.387. The molecule has 0 bridgehead atoms. The largest absolute Gasteiger partial charge is 0.337 e. The Labute approximate surface area is 189 Å². The van der Waals surface area contributed by atoms with E-state index >= 15 is 0 Å². The molecular formula is C24H25N7O2. The van der Waals surface area contributed by atoms with Crippen LogP contribution in [0.25, 0.3) is 23.0 Å². The summed E-state index contributed by atoms with van der Waals surface area (Å²) in [5.41, 5.74) is 2.11. The Morgan fingerprint density at radius 2 is 1.88 bits per heavy atom. The second kappa shape index (κ2) is 8.42. The van der Waals surface area contributed by atoms with Crippen molar-refractivity contribution in [1.29, 1.82) is 0 Å². The van der Waals surface area contributed by atoms with Crippen molar-refractivity contribution in [3.05, 3.63) is 93.4 Å². The summed E-state index contributed by atoms with van der Waals surface area (Å²) >= 11 is 0. The van der Waals surface area contributed by atoms with Gasteiger partial charge in [-0.15, -0.1) is 0 Å². The Balaban J connectivity index is 1.52. The molecule has 5 aromatic rings. The van der Waals surface area contributed by atoms with Crippen molar-refractivity contribution in [3.63, 3.8) is 0 Å². The molecule has 0 saturated carbocycles. The maximum absolute atomic E-state index is 13.3. The summed E-state index contributed by atoms with van der Waals surface area (Å²) in [6, 6.07) is 9.78. The number of imidazole rings is 3. The lowest BCUT2D eigenvalue weighted by Crippen LogP contribution is -2.39. The van der Waals surface area contributed by atoms with E-state index in [1.165, 1.54) is 9.13 Å². The first-order valence-electron chi connectivity index (χ1n) is 10.9. The van der Waals surface area contributed by atoms with E-state index in [4.69, 9.17) is 0 Å². The van der Waals surface area contributed by atoms with Crippen molar-refractivity contribution >= 4 is 23.0 Å². The van der Waals surface area contributed by atoms with Gasteiger partial charge in [0.05, 0.1) is 6.33 Å². The van der Waals surface area contributed by atoms with Gasteiger partial charge in [-0.05, 0) is 18.9 Å². The molecule has 0 N–H and O–H groups in total. The normalized spacial score (nSPS) is 11.9. The lowest BCUT2D eigenvalue weighted by Gasteiger charge is -2.06. The van der Waals surface area contributed by atoms with Gasteiger partial charge in [0, 0.05) is 51.0 Å². The first kappa shape index (κ1) is 20.7. The zero-order valence-corrected chi connectivity index (χ0v) is 18.6. The fourth-order valence-electron chi connectivity index (χ4n) is 4.18. The Kier molecular flexibility index (Phi) is 5.29. The zero-order chi connectivity index (χ0) is 22.9. The van der Waals surface area contributed by atoms with Crippen LogP contribution < -0.4 is 11.2 Å². The van der Waals surface area contributed by atoms with Crippen molar-refractivity contribution in [2.24, 2.45) is 7.05 Å². The minimum Gasteiger partial charge on any atom is -0.337 e. The predicted octanol–water partition coefficient (Wildman–Crippen LogP) is 2.46. The van der Waals surface area contributed by atoms with Gasteiger partial charge in [-0.1, -0.05) is 42.5 Å². The van der Waals surface area contributed by atoms with Gasteiger partial charge in [-0.3, -0.25) is 18.3 Å². The molecule has 0 spiro atoms. The van der Waals surface area contributed by atoms with Gasteiger partial charge < -0.3 is 9.13 Å². The molecule has 33 heavy (non-hydrogen) atoms. The molecule has 0 unspecified atom stereocenters. The Morgan fingerprint density at radius 1 is 1.06 bits per heavy atom. The van der Waals surface area contributed by atoms with E-state index in [9.17, 15) is 9.59 Å². The molecule has 0 aliphatic carbocycles. The van der Waals surface area contributed by atoms with E-state index in [-0.39, 0.29) is 17.8 Å². The molecule has 9 nitrogen and oxygen atoms in total. The summed E-state index contributed by atoms with van der Waals surface area (Å²) < 4.78 is 8.62. The molecule has 0 atom stereocenters. The summed E-state index contributed by atoms with van der Waals surface area (Å²) in [5, 5.41) is 0. The first-order chi connectivity index (χ1) is 16.0. The number of rotatable bonds is 7. The molecule has 0 aliphatic rings. The number of aryl methyl sites for hydroxylation is 4. The molecule has 168 valence electrons. The summed E-state index contributed by atoms with van der Waals surface area (Å²) in [7, 11) is 1.66. The van der Waals surface area contributed by atoms with Crippen molar-refractivity contribution in [1.82, 2.24) is 32.6 Å². The standard InChI is InChI=1S/C24H25N7O2/c1-18-16-31-20-21(26-23(31)29(18)14-7-12-28-15-11-25-17-28)27(2)24(33)30(22(20)32)13-6-10-19-8-4-3-5-9-19/h3-6,8-11,15-17H,7,12-14H2,1-2H3. The number of benzene rings is 1.